The smallest absolute Gasteiger partial charge is 0.00922 e. The van der Waals surface area contributed by atoms with Crippen molar-refractivity contribution in [1.29, 1.82) is 0 Å². The summed E-state index contributed by atoms with van der Waals surface area (Å²) in [4.78, 5) is 0. The minimum absolute atomic E-state index is 1.09. The van der Waals surface area contributed by atoms with Crippen LogP contribution in [0.5, 0.6) is 0 Å². The summed E-state index contributed by atoms with van der Waals surface area (Å²) >= 11 is 0. The number of hydrogen-bond acceptors (Lipinski definition) is 0. The van der Waals surface area contributed by atoms with Crippen molar-refractivity contribution in [2.24, 2.45) is 0 Å². The quantitative estimate of drug-likeness (QED) is 0.427. The molecule has 0 N–H and O–H groups in total. The number of hydrogen-bond donors (Lipinski definition) is 0. The van der Waals surface area contributed by atoms with Crippen molar-refractivity contribution < 1.29 is 0 Å². The van der Waals surface area contributed by atoms with Crippen LogP contribution in [0, 0.1) is 20.8 Å². The van der Waals surface area contributed by atoms with E-state index in [0.717, 1.165) is 6.42 Å². The molecule has 0 aromatic heterocycles. The molecular weight excluding hydrogens is 216 g/mol. The van der Waals surface area contributed by atoms with Crippen LogP contribution in [0.3, 0.4) is 0 Å². The van der Waals surface area contributed by atoms with Crippen LogP contribution in [-0.4, -0.2) is 0 Å². The Morgan fingerprint density at radius 1 is 0.889 bits per heavy atom. The first kappa shape index (κ1) is 15.0. The summed E-state index contributed by atoms with van der Waals surface area (Å²) in [6.07, 6.45) is 12.5. The van der Waals surface area contributed by atoms with Gasteiger partial charge in [-0.15, -0.1) is 0 Å². The molecule has 0 saturated heterocycles. The van der Waals surface area contributed by atoms with E-state index in [1.54, 1.807) is 0 Å². The first-order valence-corrected chi connectivity index (χ1v) is 7.37. The van der Waals surface area contributed by atoms with E-state index in [1.165, 1.54) is 54.4 Å². The molecule has 0 nitrogen and oxygen atoms in total. The first-order valence-electron chi connectivity index (χ1n) is 7.37. The Morgan fingerprint density at radius 2 is 1.56 bits per heavy atom. The fourth-order valence-electron chi connectivity index (χ4n) is 2.54. The maximum Gasteiger partial charge on any atom is -0.00922 e. The summed E-state index contributed by atoms with van der Waals surface area (Å²) in [5.41, 5.74) is 5.74. The van der Waals surface area contributed by atoms with Crippen molar-refractivity contribution in [3.63, 3.8) is 0 Å². The van der Waals surface area contributed by atoms with Gasteiger partial charge in [-0.1, -0.05) is 56.0 Å². The minimum Gasteiger partial charge on any atom is -0.0882 e. The highest BCUT2D eigenvalue weighted by atomic mass is 14.1. The van der Waals surface area contributed by atoms with Crippen LogP contribution in [0.4, 0.5) is 0 Å². The first-order chi connectivity index (χ1) is 8.65. The molecule has 1 rings (SSSR count). The van der Waals surface area contributed by atoms with Gasteiger partial charge in [0.25, 0.3) is 0 Å². The summed E-state index contributed by atoms with van der Waals surface area (Å²) in [7, 11) is 0. The van der Waals surface area contributed by atoms with Crippen LogP contribution in [-0.2, 0) is 6.42 Å². The Morgan fingerprint density at radius 3 is 2.17 bits per heavy atom. The second-order valence-corrected chi connectivity index (χ2v) is 5.40. The van der Waals surface area contributed by atoms with E-state index in [-0.39, 0.29) is 0 Å². The Hall–Kier alpha value is -1.04. The van der Waals surface area contributed by atoms with E-state index in [1.807, 2.05) is 0 Å². The predicted molar refractivity (Wildman–Crippen MR) is 82.3 cm³/mol. The van der Waals surface area contributed by atoms with Crippen LogP contribution in [0.15, 0.2) is 24.3 Å². The molecule has 1 aromatic rings. The fourth-order valence-corrected chi connectivity index (χ4v) is 2.54. The van der Waals surface area contributed by atoms with Gasteiger partial charge in [0.05, 0.1) is 0 Å². The van der Waals surface area contributed by atoms with Crippen molar-refractivity contribution in [3.8, 4) is 0 Å². The maximum absolute atomic E-state index is 2.36. The van der Waals surface area contributed by atoms with Gasteiger partial charge in [0.2, 0.25) is 0 Å². The third kappa shape index (κ3) is 5.08. The minimum atomic E-state index is 1.09. The highest BCUT2D eigenvalue weighted by Crippen LogP contribution is 2.17. The zero-order valence-corrected chi connectivity index (χ0v) is 12.6. The average molecular weight is 244 g/mol. The number of aryl methyl sites for hydroxylation is 3. The van der Waals surface area contributed by atoms with Crippen LogP contribution in [0.25, 0.3) is 0 Å². The number of unbranched alkanes of at least 4 members (excludes halogenated alkanes) is 4. The molecule has 0 saturated carbocycles. The lowest BCUT2D eigenvalue weighted by Gasteiger charge is -2.09. The Kier molecular flexibility index (Phi) is 6.78. The third-order valence-electron chi connectivity index (χ3n) is 3.55. The van der Waals surface area contributed by atoms with Crippen molar-refractivity contribution in [3.05, 3.63) is 46.5 Å². The molecular formula is C18H28. The molecule has 0 bridgehead atoms. The van der Waals surface area contributed by atoms with Gasteiger partial charge in [-0.05, 0) is 56.7 Å². The third-order valence-corrected chi connectivity index (χ3v) is 3.55. The van der Waals surface area contributed by atoms with E-state index in [4.69, 9.17) is 0 Å². The van der Waals surface area contributed by atoms with Crippen LogP contribution < -0.4 is 0 Å². The molecule has 0 unspecified atom stereocenters. The normalized spacial score (nSPS) is 11.3. The number of rotatable bonds is 7. The van der Waals surface area contributed by atoms with Gasteiger partial charge < -0.3 is 0 Å². The summed E-state index contributed by atoms with van der Waals surface area (Å²) in [5.74, 6) is 0. The highest BCUT2D eigenvalue weighted by Gasteiger charge is 2.01. The second kappa shape index (κ2) is 8.13. The van der Waals surface area contributed by atoms with Gasteiger partial charge >= 0.3 is 0 Å². The molecule has 0 heterocycles. The van der Waals surface area contributed by atoms with Crippen molar-refractivity contribution in [2.45, 2.75) is 66.2 Å². The van der Waals surface area contributed by atoms with Gasteiger partial charge in [-0.25, -0.2) is 0 Å². The zero-order chi connectivity index (χ0) is 13.4. The summed E-state index contributed by atoms with van der Waals surface area (Å²) < 4.78 is 0. The lowest BCUT2D eigenvalue weighted by atomic mass is 9.97. The van der Waals surface area contributed by atoms with Gasteiger partial charge in [0, 0.05) is 0 Å². The molecule has 0 spiro atoms. The zero-order valence-electron chi connectivity index (χ0n) is 12.6. The number of benzene rings is 1. The Labute approximate surface area is 113 Å². The summed E-state index contributed by atoms with van der Waals surface area (Å²) in [5, 5.41) is 0. The molecule has 18 heavy (non-hydrogen) atoms. The van der Waals surface area contributed by atoms with E-state index in [9.17, 15) is 0 Å². The van der Waals surface area contributed by atoms with Gasteiger partial charge in [0.15, 0.2) is 0 Å². The Bertz CT molecular complexity index is 362. The van der Waals surface area contributed by atoms with E-state index < -0.39 is 0 Å². The average Bonchev–Trinajstić information content (AvgIpc) is 2.30. The molecule has 0 aliphatic carbocycles. The van der Waals surface area contributed by atoms with Gasteiger partial charge in [0.1, 0.15) is 0 Å². The van der Waals surface area contributed by atoms with Crippen molar-refractivity contribution in [1.82, 2.24) is 0 Å². The Balaban J connectivity index is 2.41. The molecule has 0 radical (unpaired) electrons. The predicted octanol–water partition coefficient (Wildman–Crippen LogP) is 5.68. The number of allylic oxidation sites excluding steroid dienone is 2. The molecule has 1 aromatic carbocycles. The van der Waals surface area contributed by atoms with Crippen molar-refractivity contribution >= 4 is 0 Å². The molecule has 100 valence electrons. The lowest BCUT2D eigenvalue weighted by Crippen LogP contribution is -1.93. The monoisotopic (exact) mass is 244 g/mol. The molecule has 0 fully saturated rings. The molecule has 0 atom stereocenters. The fraction of sp³-hybridized carbons (Fsp3) is 0.556. The van der Waals surface area contributed by atoms with Crippen molar-refractivity contribution in [2.75, 3.05) is 0 Å². The van der Waals surface area contributed by atoms with Crippen LogP contribution in [0.2, 0.25) is 0 Å². The van der Waals surface area contributed by atoms with Crippen LogP contribution >= 0.6 is 0 Å². The molecule has 0 aliphatic heterocycles. The lowest BCUT2D eigenvalue weighted by molar-refractivity contribution is 0.674. The highest BCUT2D eigenvalue weighted by molar-refractivity contribution is 5.38. The summed E-state index contributed by atoms with van der Waals surface area (Å²) in [6.45, 7) is 8.89. The molecule has 0 amide bonds. The SMILES string of the molecule is CCCCCC/C=C/Cc1c(C)cc(C)cc1C. The molecule has 0 aliphatic rings. The summed E-state index contributed by atoms with van der Waals surface area (Å²) in [6, 6.07) is 4.58. The second-order valence-electron chi connectivity index (χ2n) is 5.40. The van der Waals surface area contributed by atoms with E-state index in [0.29, 0.717) is 0 Å². The van der Waals surface area contributed by atoms with E-state index in [2.05, 4.69) is 52.0 Å². The standard InChI is InChI=1S/C18H28/c1-5-6-7-8-9-10-11-12-18-16(3)13-15(2)14-17(18)4/h10-11,13-14H,5-9,12H2,1-4H3/b11-10+. The van der Waals surface area contributed by atoms with Gasteiger partial charge in [-0.3, -0.25) is 0 Å². The van der Waals surface area contributed by atoms with Crippen LogP contribution in [0.1, 0.15) is 61.3 Å². The van der Waals surface area contributed by atoms with E-state index >= 15 is 0 Å². The molecule has 0 heteroatoms. The van der Waals surface area contributed by atoms with Gasteiger partial charge in [-0.2, -0.15) is 0 Å². The largest absolute Gasteiger partial charge is 0.0882 e. The maximum atomic E-state index is 2.36. The topological polar surface area (TPSA) is 0 Å².